The molecule has 1 fully saturated rings. The number of methoxy groups -OCH3 is 1. The molecule has 0 aromatic carbocycles. The van der Waals surface area contributed by atoms with Gasteiger partial charge >= 0.3 is 15.5 Å². The Hall–Kier alpha value is -1.07. The Morgan fingerprint density at radius 2 is 1.96 bits per heavy atom. The lowest BCUT2D eigenvalue weighted by atomic mass is 10.1. The summed E-state index contributed by atoms with van der Waals surface area (Å²) in [6.07, 6.45) is 1.34. The summed E-state index contributed by atoms with van der Waals surface area (Å²) in [5.74, 6) is 0.575. The largest absolute Gasteiger partial charge is 0.511 e. The van der Waals surface area contributed by atoms with Crippen LogP contribution in [0.25, 0.3) is 0 Å². The molecule has 1 heterocycles. The molecule has 0 unspecified atom stereocenters. The maximum Gasteiger partial charge on any atom is 0.511 e. The molecule has 0 amide bonds. The summed E-state index contributed by atoms with van der Waals surface area (Å²) in [5.41, 5.74) is -5.25. The molecule has 0 bridgehead atoms. The predicted molar refractivity (Wildman–Crippen MR) is 85.2 cm³/mol. The second-order valence-corrected chi connectivity index (χ2v) is 7.30. The van der Waals surface area contributed by atoms with Gasteiger partial charge in [-0.15, -0.1) is 0 Å². The van der Waals surface area contributed by atoms with Crippen LogP contribution in [0.15, 0.2) is 4.99 Å². The smallest absolute Gasteiger partial charge is 0.385 e. The van der Waals surface area contributed by atoms with E-state index in [4.69, 9.17) is 4.74 Å². The minimum atomic E-state index is -5.25. The zero-order valence-electron chi connectivity index (χ0n) is 13.9. The van der Waals surface area contributed by atoms with E-state index in [0.717, 1.165) is 6.42 Å². The molecule has 1 saturated heterocycles. The first kappa shape index (κ1) is 21.0. The van der Waals surface area contributed by atoms with Crippen LogP contribution in [0, 0.1) is 0 Å². The third-order valence-corrected chi connectivity index (χ3v) is 5.18. The van der Waals surface area contributed by atoms with E-state index in [9.17, 15) is 21.6 Å². The third kappa shape index (κ3) is 6.10. The maximum absolute atomic E-state index is 12.5. The summed E-state index contributed by atoms with van der Waals surface area (Å²) in [7, 11) is -3.63. The summed E-state index contributed by atoms with van der Waals surface area (Å²) in [6.45, 7) is 3.38. The molecular formula is C13H25F3N4O3S. The first-order valence-corrected chi connectivity index (χ1v) is 9.26. The highest BCUT2D eigenvalue weighted by Crippen LogP contribution is 2.28. The topological polar surface area (TPSA) is 83.0 Å². The molecule has 2 N–H and O–H groups in total. The first-order valence-electron chi connectivity index (χ1n) is 7.82. The molecule has 142 valence electrons. The zero-order chi connectivity index (χ0) is 18.2. The Bertz CT molecular complexity index is 503. The molecule has 0 saturated carbocycles. The predicted octanol–water partition coefficient (Wildman–Crippen LogP) is 0.892. The fourth-order valence-electron chi connectivity index (χ4n) is 2.30. The standard InChI is InChI=1S/C13H25F3N4O3S/c1-3-17-12(18-7-4-10-23-2)19-11-5-8-20(9-6-11)24(21,22)13(14,15)16/h11H,3-10H2,1-2H3,(H2,17,18,19). The quantitative estimate of drug-likeness (QED) is 0.393. The van der Waals surface area contributed by atoms with E-state index < -0.39 is 15.5 Å². The first-order chi connectivity index (χ1) is 11.2. The molecule has 0 aromatic rings. The van der Waals surface area contributed by atoms with Gasteiger partial charge in [0.25, 0.3) is 0 Å². The Morgan fingerprint density at radius 1 is 1.33 bits per heavy atom. The van der Waals surface area contributed by atoms with Crippen molar-refractivity contribution in [3.8, 4) is 0 Å². The van der Waals surface area contributed by atoms with Gasteiger partial charge in [0.1, 0.15) is 0 Å². The number of alkyl halides is 3. The number of hydrogen-bond donors (Lipinski definition) is 2. The van der Waals surface area contributed by atoms with Gasteiger partial charge in [0, 0.05) is 45.9 Å². The van der Waals surface area contributed by atoms with Gasteiger partial charge in [0.2, 0.25) is 0 Å². The van der Waals surface area contributed by atoms with E-state index in [2.05, 4.69) is 15.6 Å². The number of rotatable bonds is 7. The Labute approximate surface area is 140 Å². The summed E-state index contributed by atoms with van der Waals surface area (Å²) in [4.78, 5) is 4.35. The van der Waals surface area contributed by atoms with Crippen molar-refractivity contribution in [2.24, 2.45) is 4.99 Å². The van der Waals surface area contributed by atoms with Crippen molar-refractivity contribution in [2.45, 2.75) is 37.7 Å². The molecule has 1 aliphatic rings. The van der Waals surface area contributed by atoms with Gasteiger partial charge in [-0.05, 0) is 26.2 Å². The summed E-state index contributed by atoms with van der Waals surface area (Å²) >= 11 is 0. The maximum atomic E-state index is 12.5. The van der Waals surface area contributed by atoms with Crippen LogP contribution in [0.3, 0.4) is 0 Å². The third-order valence-electron chi connectivity index (χ3n) is 3.55. The summed E-state index contributed by atoms with van der Waals surface area (Å²) in [6, 6.07) is -0.120. The summed E-state index contributed by atoms with van der Waals surface area (Å²) < 4.78 is 65.8. The summed E-state index contributed by atoms with van der Waals surface area (Å²) in [5, 5.41) is 6.20. The lowest BCUT2D eigenvalue weighted by molar-refractivity contribution is -0.0494. The molecule has 7 nitrogen and oxygen atoms in total. The van der Waals surface area contributed by atoms with E-state index in [1.165, 1.54) is 0 Å². The van der Waals surface area contributed by atoms with Crippen LogP contribution >= 0.6 is 0 Å². The number of nitrogens with one attached hydrogen (secondary N) is 2. The molecule has 24 heavy (non-hydrogen) atoms. The monoisotopic (exact) mass is 374 g/mol. The number of guanidine groups is 1. The van der Waals surface area contributed by atoms with Crippen molar-refractivity contribution >= 4 is 16.0 Å². The van der Waals surface area contributed by atoms with Crippen LogP contribution in [-0.2, 0) is 14.8 Å². The zero-order valence-corrected chi connectivity index (χ0v) is 14.7. The average Bonchev–Trinajstić information content (AvgIpc) is 2.51. The second kappa shape index (κ2) is 9.42. The minimum absolute atomic E-state index is 0.120. The fraction of sp³-hybridized carbons (Fsp3) is 0.923. The van der Waals surface area contributed by atoms with Crippen LogP contribution in [0.1, 0.15) is 26.2 Å². The van der Waals surface area contributed by atoms with Crippen molar-refractivity contribution in [1.82, 2.24) is 14.9 Å². The van der Waals surface area contributed by atoms with E-state index in [0.29, 0.717) is 30.0 Å². The van der Waals surface area contributed by atoms with Crippen LogP contribution < -0.4 is 10.6 Å². The Morgan fingerprint density at radius 3 is 2.46 bits per heavy atom. The van der Waals surface area contributed by atoms with Gasteiger partial charge < -0.3 is 15.4 Å². The number of halogens is 3. The van der Waals surface area contributed by atoms with Crippen LogP contribution in [0.2, 0.25) is 0 Å². The van der Waals surface area contributed by atoms with Gasteiger partial charge in [-0.3, -0.25) is 4.99 Å². The lowest BCUT2D eigenvalue weighted by Crippen LogP contribution is -2.51. The molecule has 1 aliphatic heterocycles. The Kier molecular flexibility index (Phi) is 8.23. The van der Waals surface area contributed by atoms with Crippen molar-refractivity contribution in [3.05, 3.63) is 0 Å². The van der Waals surface area contributed by atoms with E-state index in [1.54, 1.807) is 7.11 Å². The number of ether oxygens (including phenoxy) is 1. The molecule has 0 spiro atoms. The van der Waals surface area contributed by atoms with Gasteiger partial charge in [-0.1, -0.05) is 0 Å². The van der Waals surface area contributed by atoms with E-state index in [1.807, 2.05) is 6.92 Å². The number of nitrogens with zero attached hydrogens (tertiary/aromatic N) is 2. The van der Waals surface area contributed by atoms with Gasteiger partial charge in [-0.2, -0.15) is 17.5 Å². The molecule has 0 atom stereocenters. The molecule has 0 aliphatic carbocycles. The number of hydrogen-bond acceptors (Lipinski definition) is 4. The van der Waals surface area contributed by atoms with Gasteiger partial charge in [0.15, 0.2) is 5.96 Å². The Balaban J connectivity index is 2.54. The molecule has 0 radical (unpaired) electrons. The highest BCUT2D eigenvalue weighted by Gasteiger charge is 2.50. The SMILES string of the molecule is CCNC(=NCCCOC)NC1CCN(S(=O)(=O)C(F)(F)F)CC1. The van der Waals surface area contributed by atoms with Crippen molar-refractivity contribution in [2.75, 3.05) is 39.9 Å². The van der Waals surface area contributed by atoms with Crippen LogP contribution in [0.5, 0.6) is 0 Å². The van der Waals surface area contributed by atoms with E-state index in [-0.39, 0.29) is 32.0 Å². The van der Waals surface area contributed by atoms with Crippen molar-refractivity contribution in [1.29, 1.82) is 0 Å². The van der Waals surface area contributed by atoms with Crippen LogP contribution in [0.4, 0.5) is 13.2 Å². The second-order valence-electron chi connectivity index (χ2n) is 5.38. The van der Waals surface area contributed by atoms with Crippen molar-refractivity contribution in [3.63, 3.8) is 0 Å². The van der Waals surface area contributed by atoms with E-state index >= 15 is 0 Å². The average molecular weight is 374 g/mol. The fourth-order valence-corrected chi connectivity index (χ4v) is 3.28. The number of aliphatic imine (C=N–C) groups is 1. The molecule has 11 heteroatoms. The highest BCUT2D eigenvalue weighted by atomic mass is 32.2. The molecule has 1 rings (SSSR count). The normalized spacial score (nSPS) is 18.6. The van der Waals surface area contributed by atoms with Crippen LogP contribution in [-0.4, -0.2) is 70.1 Å². The van der Waals surface area contributed by atoms with Gasteiger partial charge in [0.05, 0.1) is 0 Å². The van der Waals surface area contributed by atoms with Gasteiger partial charge in [-0.25, -0.2) is 8.42 Å². The molecular weight excluding hydrogens is 349 g/mol. The minimum Gasteiger partial charge on any atom is -0.385 e. The number of sulfonamides is 1. The van der Waals surface area contributed by atoms with Crippen molar-refractivity contribution < 1.29 is 26.3 Å². The number of piperidine rings is 1. The highest BCUT2D eigenvalue weighted by molar-refractivity contribution is 7.90. The molecule has 0 aromatic heterocycles. The lowest BCUT2D eigenvalue weighted by Gasteiger charge is -2.32.